The summed E-state index contributed by atoms with van der Waals surface area (Å²) in [5.74, 6) is 0.0315. The van der Waals surface area contributed by atoms with Gasteiger partial charge in [-0.3, -0.25) is 4.79 Å². The van der Waals surface area contributed by atoms with Crippen molar-refractivity contribution in [1.29, 1.82) is 0 Å². The Kier molecular flexibility index (Phi) is 5.63. The quantitative estimate of drug-likeness (QED) is 0.397. The van der Waals surface area contributed by atoms with E-state index in [9.17, 15) is 4.79 Å². The number of carboxylic acid groups (broad SMARTS) is 1. The number of carbonyl (C=O) groups is 1. The average molecular weight is 178 g/mol. The van der Waals surface area contributed by atoms with Gasteiger partial charge in [-0.15, -0.1) is 6.58 Å². The van der Waals surface area contributed by atoms with Gasteiger partial charge in [0.15, 0.2) is 0 Å². The minimum absolute atomic E-state index is 0.329. The third-order valence-electron chi connectivity index (χ3n) is 0.746. The van der Waals surface area contributed by atoms with E-state index in [1.165, 1.54) is 21.6 Å². The van der Waals surface area contributed by atoms with E-state index in [2.05, 4.69) is 6.58 Å². The third-order valence-corrected chi connectivity index (χ3v) is 3.43. The first-order chi connectivity index (χ1) is 4.68. The van der Waals surface area contributed by atoms with Crippen molar-refractivity contribution in [2.45, 2.75) is 12.2 Å². The molecule has 58 valence electrons. The summed E-state index contributed by atoms with van der Waals surface area (Å²) in [6.45, 7) is 5.19. The van der Waals surface area contributed by atoms with E-state index >= 15 is 0 Å². The summed E-state index contributed by atoms with van der Waals surface area (Å²) in [5, 5.41) is 8.09. The number of hydrogen-bond donors (Lipinski definition) is 1. The summed E-state index contributed by atoms with van der Waals surface area (Å²) in [7, 11) is 2.86. The average Bonchev–Trinajstić information content (AvgIpc) is 1.88. The molecule has 0 aromatic heterocycles. The maximum absolute atomic E-state index is 10.2. The van der Waals surface area contributed by atoms with Gasteiger partial charge in [-0.05, 0) is 6.92 Å². The van der Waals surface area contributed by atoms with Gasteiger partial charge in [-0.2, -0.15) is 0 Å². The topological polar surface area (TPSA) is 37.3 Å². The van der Waals surface area contributed by atoms with Crippen LogP contribution in [0.15, 0.2) is 12.7 Å². The van der Waals surface area contributed by atoms with Crippen LogP contribution in [0, 0.1) is 0 Å². The van der Waals surface area contributed by atoms with Gasteiger partial charge in [0, 0.05) is 5.75 Å². The van der Waals surface area contributed by atoms with Gasteiger partial charge >= 0.3 is 5.97 Å². The first-order valence-electron chi connectivity index (χ1n) is 2.80. The van der Waals surface area contributed by atoms with E-state index in [0.717, 1.165) is 5.75 Å². The molecule has 0 amide bonds. The number of carboxylic acids is 1. The van der Waals surface area contributed by atoms with Gasteiger partial charge in [-0.1, -0.05) is 27.7 Å². The van der Waals surface area contributed by atoms with E-state index in [-0.39, 0.29) is 5.25 Å². The molecular weight excluding hydrogens is 168 g/mol. The van der Waals surface area contributed by atoms with Crippen molar-refractivity contribution in [3.63, 3.8) is 0 Å². The highest BCUT2D eigenvalue weighted by Gasteiger charge is 2.09. The molecule has 0 rings (SSSR count). The molecule has 0 aromatic rings. The zero-order chi connectivity index (χ0) is 7.98. The highest BCUT2D eigenvalue weighted by molar-refractivity contribution is 8.77. The van der Waals surface area contributed by atoms with E-state index < -0.39 is 5.97 Å². The molecule has 0 saturated carbocycles. The standard InChI is InChI=1S/C6H10O2S2/c1-3-4-9-10-5(2)6(7)8/h3,5H,1,4H2,2H3,(H,7,8). The monoisotopic (exact) mass is 178 g/mol. The van der Waals surface area contributed by atoms with Crippen LogP contribution < -0.4 is 0 Å². The second-order valence-electron chi connectivity index (χ2n) is 1.65. The lowest BCUT2D eigenvalue weighted by Gasteiger charge is -2.01. The first kappa shape index (κ1) is 9.91. The van der Waals surface area contributed by atoms with Crippen molar-refractivity contribution < 1.29 is 9.90 Å². The normalized spacial score (nSPS) is 12.5. The van der Waals surface area contributed by atoms with Crippen LogP contribution in [0.25, 0.3) is 0 Å². The zero-order valence-electron chi connectivity index (χ0n) is 5.74. The molecule has 0 bridgehead atoms. The van der Waals surface area contributed by atoms with Crippen LogP contribution in [-0.4, -0.2) is 22.1 Å². The van der Waals surface area contributed by atoms with Crippen molar-refractivity contribution in [1.82, 2.24) is 0 Å². The van der Waals surface area contributed by atoms with Crippen LogP contribution in [0.1, 0.15) is 6.92 Å². The van der Waals surface area contributed by atoms with Crippen LogP contribution in [0.5, 0.6) is 0 Å². The lowest BCUT2D eigenvalue weighted by molar-refractivity contribution is -0.136. The molecule has 0 saturated heterocycles. The molecule has 0 fully saturated rings. The van der Waals surface area contributed by atoms with E-state index in [0.29, 0.717) is 0 Å². The summed E-state index contributed by atoms with van der Waals surface area (Å²) in [6, 6.07) is 0. The molecular formula is C6H10O2S2. The van der Waals surface area contributed by atoms with Crippen molar-refractivity contribution in [2.24, 2.45) is 0 Å². The van der Waals surface area contributed by atoms with Crippen LogP contribution in [0.2, 0.25) is 0 Å². The molecule has 0 aliphatic rings. The summed E-state index contributed by atoms with van der Waals surface area (Å²) in [5.41, 5.74) is 0. The highest BCUT2D eigenvalue weighted by atomic mass is 33.1. The van der Waals surface area contributed by atoms with Gasteiger partial charge in [0.05, 0.1) is 0 Å². The summed E-state index contributed by atoms with van der Waals surface area (Å²) >= 11 is 0. The molecule has 10 heavy (non-hydrogen) atoms. The Hall–Kier alpha value is -0.0900. The molecule has 2 nitrogen and oxygen atoms in total. The van der Waals surface area contributed by atoms with E-state index in [4.69, 9.17) is 5.11 Å². The maximum Gasteiger partial charge on any atom is 0.317 e. The molecule has 0 aromatic carbocycles. The molecule has 0 aliphatic carbocycles. The largest absolute Gasteiger partial charge is 0.480 e. The van der Waals surface area contributed by atoms with E-state index in [1.54, 1.807) is 13.0 Å². The van der Waals surface area contributed by atoms with Crippen LogP contribution in [-0.2, 0) is 4.79 Å². The van der Waals surface area contributed by atoms with Crippen LogP contribution in [0.3, 0.4) is 0 Å². The zero-order valence-corrected chi connectivity index (χ0v) is 7.37. The van der Waals surface area contributed by atoms with Gasteiger partial charge in [-0.25, -0.2) is 0 Å². The minimum atomic E-state index is -0.762. The van der Waals surface area contributed by atoms with Gasteiger partial charge in [0.25, 0.3) is 0 Å². The summed E-state index contributed by atoms with van der Waals surface area (Å²) in [6.07, 6.45) is 1.76. The lowest BCUT2D eigenvalue weighted by atomic mass is 10.5. The molecule has 1 N–H and O–H groups in total. The van der Waals surface area contributed by atoms with Crippen molar-refractivity contribution in [3.8, 4) is 0 Å². The molecule has 1 unspecified atom stereocenters. The van der Waals surface area contributed by atoms with Crippen molar-refractivity contribution >= 4 is 27.6 Å². The first-order valence-corrected chi connectivity index (χ1v) is 5.18. The Balaban J connectivity index is 3.30. The predicted octanol–water partition coefficient (Wildman–Crippen LogP) is 2.03. The molecule has 0 radical (unpaired) electrons. The van der Waals surface area contributed by atoms with Crippen LogP contribution in [0.4, 0.5) is 0 Å². The summed E-state index contributed by atoms with van der Waals surface area (Å²) in [4.78, 5) is 10.2. The Morgan fingerprint density at radius 1 is 1.90 bits per heavy atom. The lowest BCUT2D eigenvalue weighted by Crippen LogP contribution is -2.09. The van der Waals surface area contributed by atoms with Crippen molar-refractivity contribution in [3.05, 3.63) is 12.7 Å². The molecule has 4 heteroatoms. The Morgan fingerprint density at radius 3 is 2.90 bits per heavy atom. The molecule has 0 spiro atoms. The number of hydrogen-bond acceptors (Lipinski definition) is 3. The molecule has 0 aliphatic heterocycles. The predicted molar refractivity (Wildman–Crippen MR) is 47.3 cm³/mol. The Bertz CT molecular complexity index is 125. The highest BCUT2D eigenvalue weighted by Crippen LogP contribution is 2.26. The Labute approximate surface area is 68.5 Å². The van der Waals surface area contributed by atoms with Crippen molar-refractivity contribution in [2.75, 3.05) is 5.75 Å². The smallest absolute Gasteiger partial charge is 0.317 e. The third kappa shape index (κ3) is 4.76. The minimum Gasteiger partial charge on any atom is -0.480 e. The molecule has 1 atom stereocenters. The fourth-order valence-electron chi connectivity index (χ4n) is 0.231. The summed E-state index contributed by atoms with van der Waals surface area (Å²) < 4.78 is 0. The fourth-order valence-corrected chi connectivity index (χ4v) is 2.08. The number of rotatable bonds is 5. The second-order valence-corrected chi connectivity index (χ2v) is 4.40. The molecule has 0 heterocycles. The fraction of sp³-hybridized carbons (Fsp3) is 0.500. The number of aliphatic carboxylic acids is 1. The van der Waals surface area contributed by atoms with Gasteiger partial charge in [0.2, 0.25) is 0 Å². The maximum atomic E-state index is 10.2. The van der Waals surface area contributed by atoms with Gasteiger partial charge < -0.3 is 5.11 Å². The second kappa shape index (κ2) is 5.68. The van der Waals surface area contributed by atoms with Gasteiger partial charge in [0.1, 0.15) is 5.25 Å². The SMILES string of the molecule is C=CCSSC(C)C(=O)O. The van der Waals surface area contributed by atoms with Crippen LogP contribution >= 0.6 is 21.6 Å². The Morgan fingerprint density at radius 2 is 2.50 bits per heavy atom. The van der Waals surface area contributed by atoms with E-state index in [1.807, 2.05) is 0 Å².